The quantitative estimate of drug-likeness (QED) is 0.651. The minimum Gasteiger partial charge on any atom is -0.467 e. The van der Waals surface area contributed by atoms with Crippen LogP contribution in [0.1, 0.15) is 30.6 Å². The molecule has 0 radical (unpaired) electrons. The average Bonchev–Trinajstić information content (AvgIpc) is 2.75. The molecule has 0 saturated heterocycles. The fourth-order valence-corrected chi connectivity index (χ4v) is 2.56. The van der Waals surface area contributed by atoms with E-state index < -0.39 is 30.5 Å². The van der Waals surface area contributed by atoms with Crippen LogP contribution in [-0.4, -0.2) is 37.6 Å². The largest absolute Gasteiger partial charge is 0.467 e. The van der Waals surface area contributed by atoms with Crippen molar-refractivity contribution in [2.75, 3.05) is 13.7 Å². The van der Waals surface area contributed by atoms with Gasteiger partial charge in [0.2, 0.25) is 0 Å². The number of rotatable bonds is 9. The topological polar surface area (TPSA) is 90.9 Å². The number of hydrogen-bond acceptors (Lipinski definition) is 6. The van der Waals surface area contributed by atoms with E-state index in [-0.39, 0.29) is 11.5 Å². The number of amides is 1. The van der Waals surface area contributed by atoms with Gasteiger partial charge in [0, 0.05) is 0 Å². The van der Waals surface area contributed by atoms with Crippen LogP contribution in [-0.2, 0) is 19.1 Å². The first kappa shape index (κ1) is 21.9. The summed E-state index contributed by atoms with van der Waals surface area (Å²) in [7, 11) is 1.26. The zero-order valence-corrected chi connectivity index (χ0v) is 16.7. The third-order valence-corrected chi connectivity index (χ3v) is 4.40. The van der Waals surface area contributed by atoms with Crippen LogP contribution >= 0.6 is 0 Å². The third kappa shape index (κ3) is 6.34. The van der Waals surface area contributed by atoms with E-state index in [1.54, 1.807) is 36.4 Å². The molecule has 2 atom stereocenters. The smallest absolute Gasteiger partial charge is 0.342 e. The first-order chi connectivity index (χ1) is 14.0. The van der Waals surface area contributed by atoms with Crippen LogP contribution in [0.15, 0.2) is 54.6 Å². The van der Waals surface area contributed by atoms with E-state index in [0.29, 0.717) is 17.9 Å². The summed E-state index contributed by atoms with van der Waals surface area (Å²) in [5.41, 5.74) is 0.190. The summed E-state index contributed by atoms with van der Waals surface area (Å²) in [4.78, 5) is 36.5. The van der Waals surface area contributed by atoms with Gasteiger partial charge in [-0.1, -0.05) is 50.6 Å². The van der Waals surface area contributed by atoms with Crippen molar-refractivity contribution in [2.24, 2.45) is 5.92 Å². The van der Waals surface area contributed by atoms with Crippen LogP contribution in [0.2, 0.25) is 0 Å². The van der Waals surface area contributed by atoms with Crippen molar-refractivity contribution in [1.29, 1.82) is 0 Å². The van der Waals surface area contributed by atoms with Gasteiger partial charge >= 0.3 is 11.9 Å². The highest BCUT2D eigenvalue weighted by atomic mass is 16.5. The Kier molecular flexibility index (Phi) is 8.21. The number of carbonyl (C=O) groups is 3. The Bertz CT molecular complexity index is 836. The maximum absolute atomic E-state index is 12.5. The highest BCUT2D eigenvalue weighted by molar-refractivity contribution is 5.94. The molecule has 2 rings (SSSR count). The highest BCUT2D eigenvalue weighted by Gasteiger charge is 2.27. The molecule has 0 unspecified atom stereocenters. The summed E-state index contributed by atoms with van der Waals surface area (Å²) in [5.74, 6) is -1.07. The van der Waals surface area contributed by atoms with E-state index in [4.69, 9.17) is 14.2 Å². The third-order valence-electron chi connectivity index (χ3n) is 4.40. The van der Waals surface area contributed by atoms with E-state index in [1.165, 1.54) is 7.11 Å². The number of carbonyl (C=O) groups excluding carboxylic acids is 3. The van der Waals surface area contributed by atoms with Gasteiger partial charge in [-0.3, -0.25) is 4.79 Å². The molecule has 0 heterocycles. The number of nitrogens with one attached hydrogen (secondary N) is 1. The van der Waals surface area contributed by atoms with Crippen LogP contribution in [0.25, 0.3) is 0 Å². The van der Waals surface area contributed by atoms with Crippen molar-refractivity contribution < 1.29 is 28.6 Å². The second-order valence-corrected chi connectivity index (χ2v) is 6.44. The van der Waals surface area contributed by atoms with Crippen LogP contribution in [0.5, 0.6) is 11.5 Å². The van der Waals surface area contributed by atoms with Crippen molar-refractivity contribution in [3.8, 4) is 11.5 Å². The molecule has 0 fully saturated rings. The number of ether oxygens (including phenoxy) is 3. The van der Waals surface area contributed by atoms with Crippen molar-refractivity contribution in [1.82, 2.24) is 5.32 Å². The lowest BCUT2D eigenvalue weighted by atomic mass is 9.99. The lowest BCUT2D eigenvalue weighted by molar-refractivity contribution is -0.147. The molecular weight excluding hydrogens is 374 g/mol. The van der Waals surface area contributed by atoms with Gasteiger partial charge in [-0.25, -0.2) is 9.59 Å². The van der Waals surface area contributed by atoms with Crippen LogP contribution in [0, 0.1) is 5.92 Å². The maximum Gasteiger partial charge on any atom is 0.342 e. The molecule has 7 heteroatoms. The fourth-order valence-electron chi connectivity index (χ4n) is 2.56. The molecule has 0 aliphatic carbocycles. The predicted octanol–water partition coefficient (Wildman–Crippen LogP) is 3.34. The minimum absolute atomic E-state index is 0.123. The van der Waals surface area contributed by atoms with Gasteiger partial charge in [0.05, 0.1) is 7.11 Å². The van der Waals surface area contributed by atoms with Crippen molar-refractivity contribution in [3.05, 3.63) is 60.2 Å². The number of esters is 2. The number of hydrogen-bond donors (Lipinski definition) is 1. The van der Waals surface area contributed by atoms with Gasteiger partial charge in [0.15, 0.2) is 6.61 Å². The van der Waals surface area contributed by atoms with E-state index in [2.05, 4.69) is 5.32 Å². The van der Waals surface area contributed by atoms with Gasteiger partial charge in [-0.15, -0.1) is 0 Å². The molecule has 29 heavy (non-hydrogen) atoms. The molecule has 7 nitrogen and oxygen atoms in total. The summed E-state index contributed by atoms with van der Waals surface area (Å²) >= 11 is 0. The van der Waals surface area contributed by atoms with Crippen LogP contribution in [0.3, 0.4) is 0 Å². The normalized spacial score (nSPS) is 12.4. The molecule has 1 N–H and O–H groups in total. The van der Waals surface area contributed by atoms with Crippen LogP contribution < -0.4 is 10.1 Å². The van der Waals surface area contributed by atoms with Gasteiger partial charge in [-0.2, -0.15) is 0 Å². The molecular formula is C22H25NO6. The zero-order chi connectivity index (χ0) is 21.2. The Balaban J connectivity index is 2.00. The highest BCUT2D eigenvalue weighted by Crippen LogP contribution is 2.25. The van der Waals surface area contributed by atoms with Gasteiger partial charge in [0.1, 0.15) is 23.1 Å². The lowest BCUT2D eigenvalue weighted by Crippen LogP contribution is -2.47. The Labute approximate surface area is 170 Å². The number of para-hydroxylation sites is 2. The van der Waals surface area contributed by atoms with E-state index in [0.717, 1.165) is 0 Å². The van der Waals surface area contributed by atoms with E-state index in [1.807, 2.05) is 32.0 Å². The average molecular weight is 399 g/mol. The fraction of sp³-hybridized carbons (Fsp3) is 0.318. The summed E-state index contributed by atoms with van der Waals surface area (Å²) in [5, 5.41) is 2.56. The second-order valence-electron chi connectivity index (χ2n) is 6.44. The van der Waals surface area contributed by atoms with Gasteiger partial charge in [0.25, 0.3) is 5.91 Å². The Morgan fingerprint density at radius 1 is 1.00 bits per heavy atom. The predicted molar refractivity (Wildman–Crippen MR) is 107 cm³/mol. The molecule has 0 bridgehead atoms. The summed E-state index contributed by atoms with van der Waals surface area (Å²) in [6.07, 6.45) is 0.671. The van der Waals surface area contributed by atoms with Crippen LogP contribution in [0.4, 0.5) is 0 Å². The molecule has 0 spiro atoms. The van der Waals surface area contributed by atoms with E-state index >= 15 is 0 Å². The summed E-state index contributed by atoms with van der Waals surface area (Å²) < 4.78 is 15.6. The lowest BCUT2D eigenvalue weighted by Gasteiger charge is -2.21. The molecule has 154 valence electrons. The van der Waals surface area contributed by atoms with Gasteiger partial charge in [-0.05, 0) is 30.2 Å². The second kappa shape index (κ2) is 10.8. The number of benzene rings is 2. The molecule has 1 amide bonds. The Morgan fingerprint density at radius 3 is 2.31 bits per heavy atom. The number of methoxy groups -OCH3 is 1. The summed E-state index contributed by atoms with van der Waals surface area (Å²) in [6, 6.07) is 14.8. The van der Waals surface area contributed by atoms with Gasteiger partial charge < -0.3 is 19.5 Å². The summed E-state index contributed by atoms with van der Waals surface area (Å²) in [6.45, 7) is 3.20. The van der Waals surface area contributed by atoms with Crippen molar-refractivity contribution >= 4 is 17.8 Å². The molecule has 0 saturated carbocycles. The molecule has 2 aromatic carbocycles. The molecule has 0 aliphatic rings. The SMILES string of the molecule is CC[C@@H](C)[C@H](NC(=O)COC(=O)c1ccccc1Oc1ccccc1)C(=O)OC. The first-order valence-corrected chi connectivity index (χ1v) is 9.32. The molecule has 0 aliphatic heterocycles. The van der Waals surface area contributed by atoms with Crippen molar-refractivity contribution in [3.63, 3.8) is 0 Å². The monoisotopic (exact) mass is 399 g/mol. The zero-order valence-electron chi connectivity index (χ0n) is 16.7. The Morgan fingerprint density at radius 2 is 1.66 bits per heavy atom. The Hall–Kier alpha value is -3.35. The molecule has 2 aromatic rings. The first-order valence-electron chi connectivity index (χ1n) is 9.32. The molecule has 0 aromatic heterocycles. The van der Waals surface area contributed by atoms with E-state index in [9.17, 15) is 14.4 Å². The maximum atomic E-state index is 12.5. The van der Waals surface area contributed by atoms with Crippen molar-refractivity contribution in [2.45, 2.75) is 26.3 Å². The minimum atomic E-state index is -0.801. The standard InChI is InChI=1S/C22H25NO6/c1-4-15(2)20(22(26)27-3)23-19(24)14-28-21(25)17-12-8-9-13-18(17)29-16-10-6-5-7-11-16/h5-13,15,20H,4,14H2,1-3H3,(H,23,24)/t15-,20+/m1/s1.